The Morgan fingerprint density at radius 3 is 2.87 bits per heavy atom. The summed E-state index contributed by atoms with van der Waals surface area (Å²) in [5.74, 6) is 1.66. The molecule has 0 bridgehead atoms. The van der Waals surface area contributed by atoms with E-state index in [0.29, 0.717) is 5.39 Å². The van der Waals surface area contributed by atoms with Gasteiger partial charge in [0, 0.05) is 13.0 Å². The van der Waals surface area contributed by atoms with Crippen molar-refractivity contribution in [3.63, 3.8) is 0 Å². The maximum Gasteiger partial charge on any atom is 0.258 e. The van der Waals surface area contributed by atoms with E-state index in [2.05, 4.69) is 20.2 Å². The van der Waals surface area contributed by atoms with Crippen molar-refractivity contribution >= 4 is 10.9 Å². The fourth-order valence-corrected chi connectivity index (χ4v) is 3.36. The van der Waals surface area contributed by atoms with E-state index in [1.807, 2.05) is 31.3 Å². The standard InChI is InChI=1S/C18H26N4O/c1-19-10-6-14-7-11-22(12-8-14)13-9-17-20-16-5-3-2-4-15(16)18(23)21-17/h2-5,14,19H,6-13H2,1H3,(H,20,21,23). The summed E-state index contributed by atoms with van der Waals surface area (Å²) in [5.41, 5.74) is 0.758. The van der Waals surface area contributed by atoms with E-state index in [1.165, 1.54) is 19.3 Å². The molecule has 2 aromatic rings. The SMILES string of the molecule is CNCCC1CCN(CCc2nc3ccccc3c(=O)[nH]2)CC1. The zero-order valence-electron chi connectivity index (χ0n) is 13.8. The highest BCUT2D eigenvalue weighted by molar-refractivity contribution is 5.77. The summed E-state index contributed by atoms with van der Waals surface area (Å²) >= 11 is 0. The molecular formula is C18H26N4O. The molecule has 5 nitrogen and oxygen atoms in total. The van der Waals surface area contributed by atoms with Crippen LogP contribution in [0.5, 0.6) is 0 Å². The monoisotopic (exact) mass is 314 g/mol. The number of likely N-dealkylation sites (tertiary alicyclic amines) is 1. The second-order valence-electron chi connectivity index (χ2n) is 6.46. The van der Waals surface area contributed by atoms with E-state index < -0.39 is 0 Å². The minimum atomic E-state index is -0.0311. The normalized spacial score (nSPS) is 16.9. The van der Waals surface area contributed by atoms with Crippen molar-refractivity contribution in [2.45, 2.75) is 25.7 Å². The topological polar surface area (TPSA) is 61.0 Å². The van der Waals surface area contributed by atoms with Crippen molar-refractivity contribution in [3.05, 3.63) is 40.4 Å². The Balaban J connectivity index is 1.54. The molecule has 0 saturated carbocycles. The fourth-order valence-electron chi connectivity index (χ4n) is 3.36. The maximum atomic E-state index is 12.1. The predicted molar refractivity (Wildman–Crippen MR) is 93.8 cm³/mol. The van der Waals surface area contributed by atoms with Crippen molar-refractivity contribution < 1.29 is 0 Å². The molecule has 0 amide bonds. The van der Waals surface area contributed by atoms with Gasteiger partial charge in [0.15, 0.2) is 0 Å². The molecule has 0 aliphatic carbocycles. The molecule has 0 spiro atoms. The fraction of sp³-hybridized carbons (Fsp3) is 0.556. The Bertz CT molecular complexity index is 689. The van der Waals surface area contributed by atoms with Gasteiger partial charge in [0.05, 0.1) is 10.9 Å². The molecule has 124 valence electrons. The molecule has 1 aliphatic rings. The number of hydrogen-bond donors (Lipinski definition) is 2. The van der Waals surface area contributed by atoms with Crippen LogP contribution in [0.15, 0.2) is 29.1 Å². The molecule has 2 N–H and O–H groups in total. The Hall–Kier alpha value is -1.72. The summed E-state index contributed by atoms with van der Waals surface area (Å²) in [5, 5.41) is 3.91. The molecule has 5 heteroatoms. The lowest BCUT2D eigenvalue weighted by Gasteiger charge is -2.31. The van der Waals surface area contributed by atoms with E-state index in [0.717, 1.165) is 49.9 Å². The number of H-pyrrole nitrogens is 1. The molecule has 1 fully saturated rings. The van der Waals surface area contributed by atoms with Gasteiger partial charge in [-0.3, -0.25) is 4.79 Å². The van der Waals surface area contributed by atoms with Gasteiger partial charge in [-0.1, -0.05) is 12.1 Å². The van der Waals surface area contributed by atoms with Gasteiger partial charge >= 0.3 is 0 Å². The van der Waals surface area contributed by atoms with Crippen LogP contribution in [0, 0.1) is 5.92 Å². The van der Waals surface area contributed by atoms with Crippen molar-refractivity contribution in [2.24, 2.45) is 5.92 Å². The zero-order valence-corrected chi connectivity index (χ0v) is 13.8. The first-order chi connectivity index (χ1) is 11.3. The number of aromatic amines is 1. The molecule has 1 aliphatic heterocycles. The second kappa shape index (κ2) is 7.70. The Morgan fingerprint density at radius 2 is 2.09 bits per heavy atom. The Morgan fingerprint density at radius 1 is 1.30 bits per heavy atom. The molecule has 23 heavy (non-hydrogen) atoms. The summed E-state index contributed by atoms with van der Waals surface area (Å²) in [6, 6.07) is 7.52. The van der Waals surface area contributed by atoms with E-state index in [-0.39, 0.29) is 5.56 Å². The second-order valence-corrected chi connectivity index (χ2v) is 6.46. The molecule has 1 aromatic heterocycles. The average Bonchev–Trinajstić information content (AvgIpc) is 2.59. The zero-order chi connectivity index (χ0) is 16.1. The van der Waals surface area contributed by atoms with Crippen molar-refractivity contribution in [1.29, 1.82) is 0 Å². The van der Waals surface area contributed by atoms with Crippen molar-refractivity contribution in [3.8, 4) is 0 Å². The van der Waals surface area contributed by atoms with E-state index in [4.69, 9.17) is 0 Å². The van der Waals surface area contributed by atoms with Gasteiger partial charge in [-0.05, 0) is 64.0 Å². The minimum Gasteiger partial charge on any atom is -0.320 e. The Kier molecular flexibility index (Phi) is 5.41. The summed E-state index contributed by atoms with van der Waals surface area (Å²) < 4.78 is 0. The third-order valence-corrected chi connectivity index (χ3v) is 4.84. The molecule has 0 unspecified atom stereocenters. The number of nitrogens with zero attached hydrogens (tertiary/aromatic N) is 2. The number of piperidine rings is 1. The molecule has 0 radical (unpaired) electrons. The lowest BCUT2D eigenvalue weighted by atomic mass is 9.93. The lowest BCUT2D eigenvalue weighted by molar-refractivity contribution is 0.180. The largest absolute Gasteiger partial charge is 0.320 e. The third-order valence-electron chi connectivity index (χ3n) is 4.84. The van der Waals surface area contributed by atoms with Crippen molar-refractivity contribution in [1.82, 2.24) is 20.2 Å². The van der Waals surface area contributed by atoms with Gasteiger partial charge in [0.1, 0.15) is 5.82 Å². The molecular weight excluding hydrogens is 288 g/mol. The number of para-hydroxylation sites is 1. The molecule has 2 heterocycles. The van der Waals surface area contributed by atoms with Crippen LogP contribution in [0.25, 0.3) is 10.9 Å². The average molecular weight is 314 g/mol. The first-order valence-electron chi connectivity index (χ1n) is 8.61. The van der Waals surface area contributed by atoms with Gasteiger partial charge in [0.2, 0.25) is 0 Å². The number of rotatable bonds is 6. The summed E-state index contributed by atoms with van der Waals surface area (Å²) in [7, 11) is 2.02. The van der Waals surface area contributed by atoms with Crippen LogP contribution in [0.4, 0.5) is 0 Å². The molecule has 3 rings (SSSR count). The van der Waals surface area contributed by atoms with Crippen LogP contribution < -0.4 is 10.9 Å². The number of benzene rings is 1. The van der Waals surface area contributed by atoms with Crippen molar-refractivity contribution in [2.75, 3.05) is 33.2 Å². The quantitative estimate of drug-likeness (QED) is 0.853. The summed E-state index contributed by atoms with van der Waals surface area (Å²) in [4.78, 5) is 22.1. The lowest BCUT2D eigenvalue weighted by Crippen LogP contribution is -2.36. The first kappa shape index (κ1) is 16.1. The van der Waals surface area contributed by atoms with Crippen LogP contribution in [0.3, 0.4) is 0 Å². The number of hydrogen-bond acceptors (Lipinski definition) is 4. The van der Waals surface area contributed by atoms with Gasteiger partial charge in [-0.15, -0.1) is 0 Å². The highest BCUT2D eigenvalue weighted by Gasteiger charge is 2.18. The van der Waals surface area contributed by atoms with Gasteiger partial charge in [-0.2, -0.15) is 0 Å². The smallest absolute Gasteiger partial charge is 0.258 e. The van der Waals surface area contributed by atoms with Crippen LogP contribution in [0.2, 0.25) is 0 Å². The molecule has 0 atom stereocenters. The number of fused-ring (bicyclic) bond motifs is 1. The number of nitrogens with one attached hydrogen (secondary N) is 2. The van der Waals surface area contributed by atoms with Gasteiger partial charge in [-0.25, -0.2) is 4.98 Å². The first-order valence-corrected chi connectivity index (χ1v) is 8.61. The minimum absolute atomic E-state index is 0.0311. The van der Waals surface area contributed by atoms with Crippen LogP contribution in [0.1, 0.15) is 25.1 Å². The van der Waals surface area contributed by atoms with Gasteiger partial charge in [0.25, 0.3) is 5.56 Å². The summed E-state index contributed by atoms with van der Waals surface area (Å²) in [6.45, 7) is 4.41. The Labute approximate surface area is 137 Å². The maximum absolute atomic E-state index is 12.1. The summed E-state index contributed by atoms with van der Waals surface area (Å²) in [6.07, 6.45) is 4.65. The van der Waals surface area contributed by atoms with E-state index in [1.54, 1.807) is 0 Å². The predicted octanol–water partition coefficient (Wildman–Crippen LogP) is 1.79. The highest BCUT2D eigenvalue weighted by Crippen LogP contribution is 2.20. The van der Waals surface area contributed by atoms with E-state index in [9.17, 15) is 4.79 Å². The van der Waals surface area contributed by atoms with Gasteiger partial charge < -0.3 is 15.2 Å². The molecule has 1 saturated heterocycles. The third kappa shape index (κ3) is 4.18. The van der Waals surface area contributed by atoms with E-state index >= 15 is 0 Å². The van der Waals surface area contributed by atoms with Crippen LogP contribution in [-0.2, 0) is 6.42 Å². The highest BCUT2D eigenvalue weighted by atomic mass is 16.1. The molecule has 1 aromatic carbocycles. The van der Waals surface area contributed by atoms with Crippen LogP contribution >= 0.6 is 0 Å². The number of aromatic nitrogens is 2. The van der Waals surface area contributed by atoms with Crippen LogP contribution in [-0.4, -0.2) is 48.1 Å².